The summed E-state index contributed by atoms with van der Waals surface area (Å²) in [5.41, 5.74) is 1.62. The normalized spacial score (nSPS) is 19.9. The lowest BCUT2D eigenvalue weighted by molar-refractivity contribution is -0.0395. The van der Waals surface area contributed by atoms with E-state index in [0.29, 0.717) is 26.2 Å². The second-order valence-corrected chi connectivity index (χ2v) is 8.80. The molecular formula is C26H29N3O3. The van der Waals surface area contributed by atoms with Gasteiger partial charge in [-0.1, -0.05) is 36.4 Å². The predicted octanol–water partition coefficient (Wildman–Crippen LogP) is 4.08. The number of aromatic nitrogens is 2. The van der Waals surface area contributed by atoms with Crippen LogP contribution in [-0.2, 0) is 11.3 Å². The summed E-state index contributed by atoms with van der Waals surface area (Å²) in [6.07, 6.45) is 6.37. The molecule has 0 aliphatic carbocycles. The van der Waals surface area contributed by atoms with Crippen LogP contribution in [0.3, 0.4) is 0 Å². The number of carbonyl (C=O) groups is 1. The number of piperidine rings is 1. The van der Waals surface area contributed by atoms with E-state index in [1.165, 1.54) is 0 Å². The number of ether oxygens (including phenoxy) is 2. The first-order valence-corrected chi connectivity index (χ1v) is 11.3. The number of para-hydroxylation sites is 1. The van der Waals surface area contributed by atoms with Gasteiger partial charge in [0.25, 0.3) is 5.91 Å². The van der Waals surface area contributed by atoms with E-state index in [2.05, 4.69) is 9.55 Å². The highest BCUT2D eigenvalue weighted by Gasteiger charge is 2.44. The van der Waals surface area contributed by atoms with Crippen LogP contribution in [0, 0.1) is 6.92 Å². The van der Waals surface area contributed by atoms with Crippen molar-refractivity contribution in [3.05, 3.63) is 83.9 Å². The number of imidazole rings is 1. The summed E-state index contributed by atoms with van der Waals surface area (Å²) in [7, 11) is 0. The molecule has 5 rings (SSSR count). The molecular weight excluding hydrogens is 402 g/mol. The Labute approximate surface area is 188 Å². The van der Waals surface area contributed by atoms with Crippen molar-refractivity contribution in [1.29, 1.82) is 0 Å². The molecule has 0 N–H and O–H groups in total. The number of carbonyl (C=O) groups excluding carboxylic acids is 1. The quantitative estimate of drug-likeness (QED) is 0.611. The van der Waals surface area contributed by atoms with Crippen LogP contribution in [0.5, 0.6) is 5.75 Å². The molecule has 0 unspecified atom stereocenters. The van der Waals surface area contributed by atoms with E-state index in [9.17, 15) is 4.79 Å². The van der Waals surface area contributed by atoms with Gasteiger partial charge >= 0.3 is 0 Å². The maximum Gasteiger partial charge on any atom is 0.254 e. The summed E-state index contributed by atoms with van der Waals surface area (Å²) in [5, 5.41) is 0. The number of rotatable bonds is 5. The summed E-state index contributed by atoms with van der Waals surface area (Å²) in [6, 6.07) is 17.8. The molecule has 1 aromatic heterocycles. The molecule has 1 spiro atoms. The van der Waals surface area contributed by atoms with Gasteiger partial charge in [-0.3, -0.25) is 4.79 Å². The zero-order valence-corrected chi connectivity index (χ0v) is 18.4. The topological polar surface area (TPSA) is 56.6 Å². The third-order valence-corrected chi connectivity index (χ3v) is 6.70. The number of benzene rings is 2. The Morgan fingerprint density at radius 3 is 2.62 bits per heavy atom. The maximum absolute atomic E-state index is 13.4. The molecule has 0 radical (unpaired) electrons. The molecule has 1 amide bonds. The fourth-order valence-corrected chi connectivity index (χ4v) is 4.83. The molecule has 2 aliphatic heterocycles. The van der Waals surface area contributed by atoms with E-state index in [4.69, 9.17) is 9.47 Å². The molecule has 2 fully saturated rings. The molecule has 2 aliphatic rings. The van der Waals surface area contributed by atoms with Gasteiger partial charge < -0.3 is 18.9 Å². The zero-order chi connectivity index (χ0) is 22.0. The summed E-state index contributed by atoms with van der Waals surface area (Å²) in [4.78, 5) is 19.6. The van der Waals surface area contributed by atoms with Crippen LogP contribution in [0.4, 0.5) is 0 Å². The highest BCUT2D eigenvalue weighted by Crippen LogP contribution is 2.37. The third-order valence-electron chi connectivity index (χ3n) is 6.70. The molecule has 3 aromatic rings. The number of likely N-dealkylation sites (tertiary alicyclic amines) is 1. The van der Waals surface area contributed by atoms with Gasteiger partial charge in [-0.2, -0.15) is 0 Å². The van der Waals surface area contributed by atoms with Crippen LogP contribution < -0.4 is 4.74 Å². The van der Waals surface area contributed by atoms with Gasteiger partial charge in [0.05, 0.1) is 12.2 Å². The lowest BCUT2D eigenvalue weighted by Gasteiger charge is -2.38. The van der Waals surface area contributed by atoms with Crippen molar-refractivity contribution in [3.63, 3.8) is 0 Å². The van der Waals surface area contributed by atoms with Crippen LogP contribution in [0.15, 0.2) is 67.0 Å². The van der Waals surface area contributed by atoms with Crippen LogP contribution in [0.1, 0.15) is 41.0 Å². The molecule has 32 heavy (non-hydrogen) atoms. The molecule has 2 saturated heterocycles. The van der Waals surface area contributed by atoms with Gasteiger partial charge in [0.2, 0.25) is 0 Å². The smallest absolute Gasteiger partial charge is 0.254 e. The SMILES string of the molecule is Cc1nccn1Cc1ccccc1C(=O)N1CCC2(CC1)C[C@@H](Oc1ccccc1)CO2. The molecule has 0 saturated carbocycles. The van der Waals surface area contributed by atoms with E-state index in [-0.39, 0.29) is 17.6 Å². The first-order valence-electron chi connectivity index (χ1n) is 11.3. The Morgan fingerprint density at radius 1 is 1.12 bits per heavy atom. The van der Waals surface area contributed by atoms with Gasteiger partial charge in [-0.05, 0) is 43.5 Å². The molecule has 2 aromatic carbocycles. The number of amides is 1. The zero-order valence-electron chi connectivity index (χ0n) is 18.4. The van der Waals surface area contributed by atoms with Gasteiger partial charge in [0, 0.05) is 44.0 Å². The van der Waals surface area contributed by atoms with Crippen molar-refractivity contribution in [2.24, 2.45) is 0 Å². The molecule has 3 heterocycles. The molecule has 166 valence electrons. The van der Waals surface area contributed by atoms with E-state index >= 15 is 0 Å². The molecule has 6 nitrogen and oxygen atoms in total. The second kappa shape index (κ2) is 8.79. The van der Waals surface area contributed by atoms with E-state index in [1.807, 2.05) is 72.6 Å². The highest BCUT2D eigenvalue weighted by molar-refractivity contribution is 5.95. The highest BCUT2D eigenvalue weighted by atomic mass is 16.6. The second-order valence-electron chi connectivity index (χ2n) is 8.80. The molecule has 6 heteroatoms. The summed E-state index contributed by atoms with van der Waals surface area (Å²) < 4.78 is 14.4. The average molecular weight is 432 g/mol. The minimum atomic E-state index is -0.177. The summed E-state index contributed by atoms with van der Waals surface area (Å²) in [5.74, 6) is 1.93. The van der Waals surface area contributed by atoms with Crippen LogP contribution in [0.25, 0.3) is 0 Å². The Hall–Kier alpha value is -3.12. The largest absolute Gasteiger partial charge is 0.488 e. The van der Waals surface area contributed by atoms with Crippen molar-refractivity contribution in [2.45, 2.75) is 44.4 Å². The number of hydrogen-bond donors (Lipinski definition) is 0. The first-order chi connectivity index (χ1) is 15.6. The minimum absolute atomic E-state index is 0.0683. The minimum Gasteiger partial charge on any atom is -0.488 e. The Kier molecular flexibility index (Phi) is 5.70. The van der Waals surface area contributed by atoms with Crippen LogP contribution in [-0.4, -0.2) is 51.8 Å². The van der Waals surface area contributed by atoms with Gasteiger partial charge in [-0.25, -0.2) is 4.98 Å². The average Bonchev–Trinajstić information content (AvgIpc) is 3.41. The molecule has 1 atom stereocenters. The van der Waals surface area contributed by atoms with Crippen LogP contribution in [0.2, 0.25) is 0 Å². The lowest BCUT2D eigenvalue weighted by Crippen LogP contribution is -2.46. The van der Waals surface area contributed by atoms with Crippen molar-refractivity contribution in [2.75, 3.05) is 19.7 Å². The first kappa shape index (κ1) is 20.8. The lowest BCUT2D eigenvalue weighted by atomic mass is 9.87. The van der Waals surface area contributed by atoms with Crippen molar-refractivity contribution < 1.29 is 14.3 Å². The Balaban J connectivity index is 1.22. The van der Waals surface area contributed by atoms with Gasteiger partial charge in [0.15, 0.2) is 0 Å². The van der Waals surface area contributed by atoms with Crippen molar-refractivity contribution >= 4 is 5.91 Å². The standard InChI is InChI=1S/C26H29N3O3/c1-20-27-13-16-29(20)18-21-7-5-6-10-24(21)25(30)28-14-11-26(12-15-28)17-23(19-31-26)32-22-8-3-2-4-9-22/h2-10,13,16,23H,11-12,14-15,17-19H2,1H3/t23-/m1/s1. The third kappa shape index (κ3) is 4.28. The Bertz CT molecular complexity index is 1070. The summed E-state index contributed by atoms with van der Waals surface area (Å²) >= 11 is 0. The van der Waals surface area contributed by atoms with Gasteiger partial charge in [-0.15, -0.1) is 0 Å². The molecule has 0 bridgehead atoms. The fraction of sp³-hybridized carbons (Fsp3) is 0.385. The van der Waals surface area contributed by atoms with Crippen LogP contribution >= 0.6 is 0 Å². The summed E-state index contributed by atoms with van der Waals surface area (Å²) in [6.45, 7) is 4.64. The van der Waals surface area contributed by atoms with E-state index in [1.54, 1.807) is 6.20 Å². The predicted molar refractivity (Wildman–Crippen MR) is 122 cm³/mol. The van der Waals surface area contributed by atoms with Crippen molar-refractivity contribution in [1.82, 2.24) is 14.5 Å². The van der Waals surface area contributed by atoms with Crippen molar-refractivity contribution in [3.8, 4) is 5.75 Å². The number of aryl methyl sites for hydroxylation is 1. The van der Waals surface area contributed by atoms with E-state index in [0.717, 1.165) is 42.0 Å². The maximum atomic E-state index is 13.4. The fourth-order valence-electron chi connectivity index (χ4n) is 4.83. The number of hydrogen-bond acceptors (Lipinski definition) is 4. The number of nitrogens with zero attached hydrogens (tertiary/aromatic N) is 3. The Morgan fingerprint density at radius 2 is 1.88 bits per heavy atom. The van der Waals surface area contributed by atoms with Gasteiger partial charge in [0.1, 0.15) is 17.7 Å². The monoisotopic (exact) mass is 431 g/mol. The van der Waals surface area contributed by atoms with E-state index < -0.39 is 0 Å².